The number of phenolic OH excluding ortho intramolecular Hbond substituents is 2. The Morgan fingerprint density at radius 3 is 2.24 bits per heavy atom. The molecule has 37 heavy (non-hydrogen) atoms. The van der Waals surface area contributed by atoms with Gasteiger partial charge in [0.05, 0.1) is 16.1 Å². The minimum Gasteiger partial charge on any atom is -0.508 e. The molecule has 0 bridgehead atoms. The van der Waals surface area contributed by atoms with Gasteiger partial charge >= 0.3 is 5.97 Å². The minimum atomic E-state index is -1.35. The number of benzene rings is 3. The van der Waals surface area contributed by atoms with Gasteiger partial charge in [0.15, 0.2) is 0 Å². The summed E-state index contributed by atoms with van der Waals surface area (Å²) in [6.45, 7) is 3.06. The number of hydrogen-bond acceptors (Lipinski definition) is 7. The number of hydrogen-bond donors (Lipinski definition) is 5. The monoisotopic (exact) mass is 525 g/mol. The van der Waals surface area contributed by atoms with Crippen molar-refractivity contribution in [3.05, 3.63) is 93.5 Å². The van der Waals surface area contributed by atoms with Crippen LogP contribution in [0.4, 0.5) is 0 Å². The van der Waals surface area contributed by atoms with E-state index in [4.69, 9.17) is 11.6 Å². The smallest absolute Gasteiger partial charge is 0.322 e. The zero-order chi connectivity index (χ0) is 27.3. The Kier molecular flexibility index (Phi) is 8.49. The number of carboxylic acids is 1. The van der Waals surface area contributed by atoms with Gasteiger partial charge in [0.1, 0.15) is 17.5 Å². The first-order valence-corrected chi connectivity index (χ1v) is 11.4. The number of carbonyl (C=O) groups excluding carboxylic acids is 3. The molecule has 3 amide bonds. The number of imide groups is 1. The molecule has 0 spiro atoms. The highest BCUT2D eigenvalue weighted by molar-refractivity contribution is 6.34. The molecule has 192 valence electrons. The van der Waals surface area contributed by atoms with E-state index >= 15 is 0 Å². The first kappa shape index (κ1) is 27.2. The van der Waals surface area contributed by atoms with Crippen LogP contribution in [0.5, 0.6) is 11.5 Å². The topological polar surface area (TPSA) is 156 Å². The van der Waals surface area contributed by atoms with Crippen LogP contribution in [-0.4, -0.2) is 50.1 Å². The number of carboxylic acid groups (broad SMARTS) is 1. The van der Waals surface area contributed by atoms with E-state index < -0.39 is 35.5 Å². The van der Waals surface area contributed by atoms with Crippen LogP contribution < -0.4 is 10.7 Å². The Balaban J connectivity index is 1.85. The number of phenols is 2. The molecular formula is C26H24ClN3O7. The normalized spacial score (nSPS) is 11.4. The zero-order valence-corrected chi connectivity index (χ0v) is 20.6. The summed E-state index contributed by atoms with van der Waals surface area (Å²) in [6.07, 6.45) is 0. The second kappa shape index (κ2) is 11.5. The molecule has 11 heteroatoms. The maximum Gasteiger partial charge on any atom is 0.322 e. The van der Waals surface area contributed by atoms with E-state index in [1.54, 1.807) is 25.1 Å². The third kappa shape index (κ3) is 6.63. The van der Waals surface area contributed by atoms with Crippen LogP contribution in [-0.2, 0) is 11.3 Å². The zero-order valence-electron chi connectivity index (χ0n) is 19.9. The van der Waals surface area contributed by atoms with Gasteiger partial charge in [-0.05, 0) is 67.4 Å². The van der Waals surface area contributed by atoms with E-state index in [2.05, 4.69) is 10.7 Å². The van der Waals surface area contributed by atoms with Crippen LogP contribution >= 0.6 is 11.6 Å². The van der Waals surface area contributed by atoms with E-state index in [-0.39, 0.29) is 34.0 Å². The van der Waals surface area contributed by atoms with E-state index in [0.29, 0.717) is 16.1 Å². The predicted octanol–water partition coefficient (Wildman–Crippen LogP) is 3.25. The maximum absolute atomic E-state index is 13.3. The van der Waals surface area contributed by atoms with Gasteiger partial charge in [0.25, 0.3) is 17.7 Å². The summed E-state index contributed by atoms with van der Waals surface area (Å²) in [5, 5.41) is 32.0. The maximum atomic E-state index is 13.3. The molecular weight excluding hydrogens is 502 g/mol. The van der Waals surface area contributed by atoms with Crippen LogP contribution in [0, 0.1) is 6.92 Å². The molecule has 0 heterocycles. The number of amides is 3. The third-order valence-electron chi connectivity index (χ3n) is 5.31. The Hall–Kier alpha value is -4.41. The minimum absolute atomic E-state index is 0.0570. The summed E-state index contributed by atoms with van der Waals surface area (Å²) in [5.74, 6) is -4.16. The van der Waals surface area contributed by atoms with Crippen molar-refractivity contribution in [2.24, 2.45) is 0 Å². The fraction of sp³-hybridized carbons (Fsp3) is 0.154. The van der Waals surface area contributed by atoms with Crippen molar-refractivity contribution in [1.82, 2.24) is 15.8 Å². The molecule has 0 aliphatic heterocycles. The Labute approximate surface area is 217 Å². The van der Waals surface area contributed by atoms with Gasteiger partial charge < -0.3 is 20.6 Å². The molecule has 3 rings (SSSR count). The molecule has 0 saturated heterocycles. The number of aromatic hydroxyl groups is 2. The van der Waals surface area contributed by atoms with Gasteiger partial charge in [-0.2, -0.15) is 0 Å². The molecule has 0 aliphatic rings. The average molecular weight is 526 g/mol. The fourth-order valence-electron chi connectivity index (χ4n) is 3.30. The molecule has 5 N–H and O–H groups in total. The predicted molar refractivity (Wildman–Crippen MR) is 134 cm³/mol. The van der Waals surface area contributed by atoms with Crippen molar-refractivity contribution in [2.45, 2.75) is 26.4 Å². The molecule has 1 atom stereocenters. The Morgan fingerprint density at radius 1 is 0.946 bits per heavy atom. The lowest BCUT2D eigenvalue weighted by Crippen LogP contribution is -2.53. The van der Waals surface area contributed by atoms with Crippen LogP contribution in [0.15, 0.2) is 60.7 Å². The van der Waals surface area contributed by atoms with E-state index in [9.17, 15) is 34.5 Å². The van der Waals surface area contributed by atoms with Gasteiger partial charge in [-0.1, -0.05) is 29.8 Å². The molecule has 3 aromatic rings. The molecule has 0 radical (unpaired) electrons. The molecule has 0 saturated carbocycles. The summed E-state index contributed by atoms with van der Waals surface area (Å²) in [7, 11) is 0. The van der Waals surface area contributed by atoms with Gasteiger partial charge in [-0.3, -0.25) is 19.2 Å². The summed E-state index contributed by atoms with van der Waals surface area (Å²) >= 11 is 6.29. The lowest BCUT2D eigenvalue weighted by atomic mass is 10.1. The Morgan fingerprint density at radius 2 is 1.62 bits per heavy atom. The average Bonchev–Trinajstić information content (AvgIpc) is 2.84. The van der Waals surface area contributed by atoms with E-state index in [1.165, 1.54) is 49.4 Å². The van der Waals surface area contributed by atoms with Gasteiger partial charge in [-0.25, -0.2) is 10.4 Å². The number of hydrazine groups is 1. The van der Waals surface area contributed by atoms with Gasteiger partial charge in [0, 0.05) is 12.1 Å². The van der Waals surface area contributed by atoms with Crippen molar-refractivity contribution < 1.29 is 34.5 Å². The van der Waals surface area contributed by atoms with Crippen molar-refractivity contribution in [2.75, 3.05) is 0 Å². The molecule has 0 aliphatic carbocycles. The van der Waals surface area contributed by atoms with E-state index in [0.717, 1.165) is 0 Å². The molecule has 10 nitrogen and oxygen atoms in total. The number of rotatable bonds is 8. The standard InChI is InChI=1S/C26H24ClN3O7/c1-14-6-8-20(22(32)10-14)25(35)30(29-15(2)26(36)37)24(34)19-9-7-17(12-21(19)27)23(33)28-13-16-4-3-5-18(31)11-16/h3-12,15,29,31-32H,13H2,1-2H3,(H,28,33)(H,36,37)/t15-/m0/s1. The van der Waals surface area contributed by atoms with Crippen LogP contribution in [0.3, 0.4) is 0 Å². The van der Waals surface area contributed by atoms with Gasteiger partial charge in [0.2, 0.25) is 0 Å². The van der Waals surface area contributed by atoms with Gasteiger partial charge in [-0.15, -0.1) is 0 Å². The number of aryl methyl sites for hydroxylation is 1. The summed E-state index contributed by atoms with van der Waals surface area (Å²) in [5.41, 5.74) is 3.37. The number of aliphatic carboxylic acids is 1. The summed E-state index contributed by atoms with van der Waals surface area (Å²) < 4.78 is 0. The lowest BCUT2D eigenvalue weighted by molar-refractivity contribution is -0.139. The van der Waals surface area contributed by atoms with Crippen molar-refractivity contribution in [1.29, 1.82) is 0 Å². The highest BCUT2D eigenvalue weighted by atomic mass is 35.5. The molecule has 0 fully saturated rings. The number of nitrogens with zero attached hydrogens (tertiary/aromatic N) is 1. The number of nitrogens with one attached hydrogen (secondary N) is 2. The second-order valence-electron chi connectivity index (χ2n) is 8.20. The number of halogens is 1. The van der Waals surface area contributed by atoms with Crippen LogP contribution in [0.2, 0.25) is 5.02 Å². The molecule has 3 aromatic carbocycles. The second-order valence-corrected chi connectivity index (χ2v) is 8.61. The van der Waals surface area contributed by atoms with Crippen LogP contribution in [0.1, 0.15) is 49.1 Å². The molecule has 0 aromatic heterocycles. The van der Waals surface area contributed by atoms with Crippen LogP contribution in [0.25, 0.3) is 0 Å². The van der Waals surface area contributed by atoms with Crippen molar-refractivity contribution in [3.63, 3.8) is 0 Å². The highest BCUT2D eigenvalue weighted by Gasteiger charge is 2.30. The first-order valence-electron chi connectivity index (χ1n) is 11.0. The van der Waals surface area contributed by atoms with E-state index in [1.807, 2.05) is 0 Å². The Bertz CT molecular complexity index is 1380. The largest absolute Gasteiger partial charge is 0.508 e. The van der Waals surface area contributed by atoms with Crippen molar-refractivity contribution >= 4 is 35.3 Å². The molecule has 0 unspecified atom stereocenters. The fourth-order valence-corrected chi connectivity index (χ4v) is 3.56. The summed E-state index contributed by atoms with van der Waals surface area (Å²) in [6, 6.07) is 13.0. The summed E-state index contributed by atoms with van der Waals surface area (Å²) in [4.78, 5) is 50.4. The first-order chi connectivity index (χ1) is 17.5. The quantitative estimate of drug-likeness (QED) is 0.221. The lowest BCUT2D eigenvalue weighted by Gasteiger charge is -2.24. The SMILES string of the molecule is Cc1ccc(C(=O)N(N[C@@H](C)C(=O)O)C(=O)c2ccc(C(=O)NCc3cccc(O)c3)cc2Cl)c(O)c1. The third-order valence-corrected chi connectivity index (χ3v) is 5.62. The van der Waals surface area contributed by atoms with Crippen molar-refractivity contribution in [3.8, 4) is 11.5 Å². The number of carbonyl (C=O) groups is 4. The highest BCUT2D eigenvalue weighted by Crippen LogP contribution is 2.24.